The highest BCUT2D eigenvalue weighted by Crippen LogP contribution is 2.25. The number of pyridine rings is 1. The van der Waals surface area contributed by atoms with E-state index in [4.69, 9.17) is 9.26 Å². The monoisotopic (exact) mass is 559 g/mol. The zero-order valence-corrected chi connectivity index (χ0v) is 23.2. The van der Waals surface area contributed by atoms with Gasteiger partial charge in [0, 0.05) is 30.5 Å². The van der Waals surface area contributed by atoms with Gasteiger partial charge in [0.25, 0.3) is 18.2 Å². The molecule has 0 saturated heterocycles. The van der Waals surface area contributed by atoms with E-state index in [1.54, 1.807) is 42.6 Å². The number of halogens is 2. The number of aliphatic hydroxyl groups is 2. The number of aryl methyl sites for hydroxylation is 1. The van der Waals surface area contributed by atoms with Gasteiger partial charge in [0.05, 0.1) is 18.4 Å². The lowest BCUT2D eigenvalue weighted by molar-refractivity contribution is -0.00495. The number of anilines is 1. The van der Waals surface area contributed by atoms with E-state index in [1.807, 2.05) is 32.9 Å². The van der Waals surface area contributed by atoms with Gasteiger partial charge >= 0.3 is 0 Å². The molecule has 0 fully saturated rings. The van der Waals surface area contributed by atoms with E-state index in [1.165, 1.54) is 6.20 Å². The van der Waals surface area contributed by atoms with Crippen LogP contribution in [0.15, 0.2) is 47.2 Å². The molecule has 3 heterocycles. The zero-order chi connectivity index (χ0) is 29.4. The minimum Gasteiger partial charge on any atom is -0.390 e. The van der Waals surface area contributed by atoms with Gasteiger partial charge in [0.2, 0.25) is 0 Å². The lowest BCUT2D eigenvalue weighted by Gasteiger charge is -2.16. The molecule has 0 bridgehead atoms. The molecule has 1 unspecified atom stereocenters. The van der Waals surface area contributed by atoms with Crippen LogP contribution in [0.1, 0.15) is 61.6 Å². The second kappa shape index (κ2) is 13.6. The first-order chi connectivity index (χ1) is 19.0. The summed E-state index contributed by atoms with van der Waals surface area (Å²) < 4.78 is 37.6. The molecule has 40 heavy (non-hydrogen) atoms. The summed E-state index contributed by atoms with van der Waals surface area (Å²) in [4.78, 5) is 21.5. The molecule has 0 spiro atoms. The number of imidazole rings is 1. The van der Waals surface area contributed by atoms with Crippen molar-refractivity contribution >= 4 is 17.2 Å². The van der Waals surface area contributed by atoms with Crippen molar-refractivity contribution in [2.24, 2.45) is 0 Å². The van der Waals surface area contributed by atoms with Gasteiger partial charge in [0.1, 0.15) is 17.4 Å². The maximum absolute atomic E-state index is 13.1. The molecule has 4 rings (SSSR count). The van der Waals surface area contributed by atoms with E-state index in [2.05, 4.69) is 20.4 Å². The zero-order valence-electron chi connectivity index (χ0n) is 23.2. The summed E-state index contributed by atoms with van der Waals surface area (Å²) in [5.41, 5.74) is 2.73. The standard InChI is InChI=1S/C26H29F2N5O5.C2H6/c1-15-4-5-17(25-31-21(32-38-25)12-20(34)23(27)28)11-18(15)30-24(35)19-13-29-22-10-16(6-8-33(19)22)14-37-9-7-26(2,3)36;1-2/h4-6,8,10-11,13,20,23,34,36H,7,9,12,14H2,1-3H3,(H,30,35);1-2H3. The number of fused-ring (bicyclic) bond motifs is 1. The highest BCUT2D eigenvalue weighted by atomic mass is 19.3. The number of hydrogen-bond donors (Lipinski definition) is 3. The third-order valence-corrected chi connectivity index (χ3v) is 5.82. The Kier molecular flexibility index (Phi) is 10.4. The number of ether oxygens (including phenoxy) is 1. The number of amides is 1. The van der Waals surface area contributed by atoms with Crippen molar-refractivity contribution in [2.75, 3.05) is 11.9 Å². The van der Waals surface area contributed by atoms with Crippen LogP contribution in [-0.2, 0) is 17.8 Å². The number of hydrogen-bond acceptors (Lipinski definition) is 8. The lowest BCUT2D eigenvalue weighted by atomic mass is 10.1. The maximum atomic E-state index is 13.1. The van der Waals surface area contributed by atoms with Crippen LogP contribution >= 0.6 is 0 Å². The predicted molar refractivity (Wildman–Crippen MR) is 145 cm³/mol. The van der Waals surface area contributed by atoms with Crippen molar-refractivity contribution in [3.63, 3.8) is 0 Å². The van der Waals surface area contributed by atoms with Crippen LogP contribution in [0.2, 0.25) is 0 Å². The number of nitrogens with zero attached hydrogens (tertiary/aromatic N) is 4. The van der Waals surface area contributed by atoms with Crippen molar-refractivity contribution in [3.8, 4) is 11.5 Å². The van der Waals surface area contributed by atoms with Crippen molar-refractivity contribution in [1.82, 2.24) is 19.5 Å². The maximum Gasteiger partial charge on any atom is 0.274 e. The SMILES string of the molecule is CC.Cc1ccc(-c2nc(CC(O)C(F)F)no2)cc1NC(=O)c1cnc2cc(COCCC(C)(C)O)ccn12. The Morgan fingerprint density at radius 3 is 2.67 bits per heavy atom. The summed E-state index contributed by atoms with van der Waals surface area (Å²) in [6, 6.07) is 8.75. The smallest absolute Gasteiger partial charge is 0.274 e. The van der Waals surface area contributed by atoms with Gasteiger partial charge in [-0.05, 0) is 62.6 Å². The second-order valence-electron chi connectivity index (χ2n) is 9.63. The molecule has 216 valence electrons. The molecular formula is C28H35F2N5O5. The quantitative estimate of drug-likeness (QED) is 0.223. The first kappa shape index (κ1) is 30.8. The number of alkyl halides is 2. The fraction of sp³-hybridized carbons (Fsp3) is 0.429. The Morgan fingerprint density at radius 1 is 1.23 bits per heavy atom. The Labute approximate surface area is 231 Å². The molecule has 0 aliphatic heterocycles. The average Bonchev–Trinajstić information content (AvgIpc) is 3.55. The Hall–Kier alpha value is -3.74. The fourth-order valence-electron chi connectivity index (χ4n) is 3.60. The van der Waals surface area contributed by atoms with Gasteiger partial charge in [-0.2, -0.15) is 4.98 Å². The topological polar surface area (TPSA) is 135 Å². The number of carbonyl (C=O) groups excluding carboxylic acids is 1. The molecule has 3 aromatic heterocycles. The van der Waals surface area contributed by atoms with Gasteiger partial charge in [-0.3, -0.25) is 9.20 Å². The van der Waals surface area contributed by atoms with E-state index in [-0.39, 0.29) is 11.7 Å². The molecule has 0 radical (unpaired) electrons. The Bertz CT molecular complexity index is 1410. The van der Waals surface area contributed by atoms with Crippen LogP contribution in [0.3, 0.4) is 0 Å². The van der Waals surface area contributed by atoms with E-state index < -0.39 is 30.5 Å². The molecule has 1 amide bonds. The molecule has 1 aromatic carbocycles. The summed E-state index contributed by atoms with van der Waals surface area (Å²) >= 11 is 0. The van der Waals surface area contributed by atoms with E-state index in [0.717, 1.165) is 11.1 Å². The van der Waals surface area contributed by atoms with E-state index >= 15 is 0 Å². The third kappa shape index (κ3) is 8.13. The molecular weight excluding hydrogens is 524 g/mol. The summed E-state index contributed by atoms with van der Waals surface area (Å²) in [5.74, 6) is -0.367. The molecule has 1 atom stereocenters. The molecule has 4 aromatic rings. The van der Waals surface area contributed by atoms with Crippen LogP contribution in [-0.4, -0.2) is 60.4 Å². The van der Waals surface area contributed by atoms with Gasteiger partial charge in [-0.1, -0.05) is 25.1 Å². The molecule has 12 heteroatoms. The van der Waals surface area contributed by atoms with Crippen LogP contribution < -0.4 is 5.32 Å². The first-order valence-electron chi connectivity index (χ1n) is 13.0. The molecule has 0 aliphatic carbocycles. The van der Waals surface area contributed by atoms with Crippen LogP contribution in [0, 0.1) is 6.92 Å². The Balaban J connectivity index is 0.00000216. The number of carbonyl (C=O) groups is 1. The van der Waals surface area contributed by atoms with E-state index in [0.29, 0.717) is 42.2 Å². The van der Waals surface area contributed by atoms with Crippen molar-refractivity contribution in [1.29, 1.82) is 0 Å². The van der Waals surface area contributed by atoms with Gasteiger partial charge in [-0.25, -0.2) is 13.8 Å². The second-order valence-corrected chi connectivity index (χ2v) is 9.63. The van der Waals surface area contributed by atoms with E-state index in [9.17, 15) is 23.8 Å². The normalized spacial score (nSPS) is 12.3. The fourth-order valence-corrected chi connectivity index (χ4v) is 3.60. The van der Waals surface area contributed by atoms with Crippen molar-refractivity contribution in [3.05, 3.63) is 65.4 Å². The minimum absolute atomic E-state index is 0.0494. The van der Waals surface area contributed by atoms with Crippen LogP contribution in [0.4, 0.5) is 14.5 Å². The number of nitrogens with one attached hydrogen (secondary N) is 1. The number of benzene rings is 1. The summed E-state index contributed by atoms with van der Waals surface area (Å²) in [5, 5.41) is 25.6. The molecule has 0 aliphatic rings. The highest BCUT2D eigenvalue weighted by Gasteiger charge is 2.21. The number of aromatic nitrogens is 4. The lowest BCUT2D eigenvalue weighted by Crippen LogP contribution is -2.20. The Morgan fingerprint density at radius 2 is 1.98 bits per heavy atom. The summed E-state index contributed by atoms with van der Waals surface area (Å²) in [6.45, 7) is 10.0. The highest BCUT2D eigenvalue weighted by molar-refractivity contribution is 6.04. The first-order valence-corrected chi connectivity index (χ1v) is 13.0. The largest absolute Gasteiger partial charge is 0.390 e. The number of aliphatic hydroxyl groups excluding tert-OH is 1. The summed E-state index contributed by atoms with van der Waals surface area (Å²) in [6.07, 6.45) is -1.52. The van der Waals surface area contributed by atoms with Crippen molar-refractivity contribution in [2.45, 2.75) is 72.2 Å². The molecule has 3 N–H and O–H groups in total. The van der Waals surface area contributed by atoms with Crippen LogP contribution in [0.25, 0.3) is 17.1 Å². The van der Waals surface area contributed by atoms with Gasteiger partial charge < -0.3 is 24.8 Å². The average molecular weight is 560 g/mol. The summed E-state index contributed by atoms with van der Waals surface area (Å²) in [7, 11) is 0. The third-order valence-electron chi connectivity index (χ3n) is 5.82. The number of rotatable bonds is 11. The van der Waals surface area contributed by atoms with Crippen LogP contribution in [0.5, 0.6) is 0 Å². The van der Waals surface area contributed by atoms with Gasteiger partial charge in [-0.15, -0.1) is 0 Å². The van der Waals surface area contributed by atoms with Gasteiger partial charge in [0.15, 0.2) is 5.82 Å². The molecule has 10 nitrogen and oxygen atoms in total. The minimum atomic E-state index is -2.91. The van der Waals surface area contributed by atoms with Crippen molar-refractivity contribution < 1.29 is 33.0 Å². The predicted octanol–water partition coefficient (Wildman–Crippen LogP) is 4.82. The molecule has 0 saturated carbocycles.